The first-order chi connectivity index (χ1) is 2.50. The summed E-state index contributed by atoms with van der Waals surface area (Å²) in [5.41, 5.74) is 0. The van der Waals surface area contributed by atoms with Gasteiger partial charge < -0.3 is 0 Å². The molecule has 0 N–H and O–H groups in total. The predicted octanol–water partition coefficient (Wildman–Crippen LogP) is 1.97. The van der Waals surface area contributed by atoms with Gasteiger partial charge in [-0.05, 0) is 0 Å². The van der Waals surface area contributed by atoms with Crippen LogP contribution in [-0.2, 0) is 0 Å². The first-order valence-corrected chi connectivity index (χ1v) is 2.00. The van der Waals surface area contributed by atoms with Gasteiger partial charge in [0.25, 0.3) is 0 Å². The van der Waals surface area contributed by atoms with Crippen molar-refractivity contribution in [3.8, 4) is 0 Å². The van der Waals surface area contributed by atoms with E-state index in [-0.39, 0.29) is 0 Å². The summed E-state index contributed by atoms with van der Waals surface area (Å²) >= 11 is 0. The number of hydrogen-bond acceptors (Lipinski definition) is 0. The standard InChI is InChI=1S/C3H6.C2H4/c1-2-3-1;1-2/h1-3H2;1-2H2. The Balaban J connectivity index is 0.0000000733. The highest BCUT2D eigenvalue weighted by Gasteiger charge is 1.95. The monoisotopic (exact) mass is 70.1 g/mol. The Labute approximate surface area is 33.5 Å². The van der Waals surface area contributed by atoms with E-state index in [1.165, 1.54) is 19.3 Å². The zero-order chi connectivity index (χ0) is 4.12. The first-order valence-electron chi connectivity index (χ1n) is 2.00. The van der Waals surface area contributed by atoms with Crippen LogP contribution in [0.1, 0.15) is 19.3 Å². The molecule has 0 aromatic carbocycles. The normalized spacial score (nSPS) is 15.2. The molecule has 1 rings (SSSR count). The molecule has 1 aliphatic carbocycles. The Bertz CT molecular complexity index is 11.2. The maximum absolute atomic E-state index is 3.00. The Morgan fingerprint density at radius 3 is 1.00 bits per heavy atom. The summed E-state index contributed by atoms with van der Waals surface area (Å²) in [5, 5.41) is 0. The summed E-state index contributed by atoms with van der Waals surface area (Å²) in [6.45, 7) is 6.00. The topological polar surface area (TPSA) is 0 Å². The fourth-order valence-corrected chi connectivity index (χ4v) is 0. The van der Waals surface area contributed by atoms with Gasteiger partial charge in [0.05, 0.1) is 0 Å². The molecule has 0 heterocycles. The minimum Gasteiger partial charge on any atom is -0.106 e. The van der Waals surface area contributed by atoms with E-state index in [1.807, 2.05) is 0 Å². The molecule has 0 aliphatic heterocycles. The van der Waals surface area contributed by atoms with Gasteiger partial charge in [0.15, 0.2) is 0 Å². The molecule has 0 heteroatoms. The fraction of sp³-hybridized carbons (Fsp3) is 0.600. The van der Waals surface area contributed by atoms with Gasteiger partial charge in [0, 0.05) is 0 Å². The minimum atomic E-state index is 1.50. The molecule has 0 saturated heterocycles. The lowest BCUT2D eigenvalue weighted by molar-refractivity contribution is 1.50. The first kappa shape index (κ1) is 4.74. The smallest absolute Gasteiger partial charge is 0.0533 e. The average molecular weight is 70.1 g/mol. The molecular weight excluding hydrogens is 60.1 g/mol. The molecule has 0 atom stereocenters. The summed E-state index contributed by atoms with van der Waals surface area (Å²) in [4.78, 5) is 0. The van der Waals surface area contributed by atoms with Gasteiger partial charge >= 0.3 is 0 Å². The van der Waals surface area contributed by atoms with E-state index in [0.717, 1.165) is 0 Å². The highest BCUT2D eigenvalue weighted by Crippen LogP contribution is 2.14. The minimum absolute atomic E-state index is 1.50. The van der Waals surface area contributed by atoms with Crippen LogP contribution in [0.4, 0.5) is 0 Å². The van der Waals surface area contributed by atoms with Gasteiger partial charge in [-0.3, -0.25) is 0 Å². The third-order valence-corrected chi connectivity index (χ3v) is 0.354. The second-order valence-electron chi connectivity index (χ2n) is 1.06. The van der Waals surface area contributed by atoms with Crippen LogP contribution in [0.25, 0.3) is 0 Å². The SMILES string of the molecule is C1CC1.C=C. The molecule has 1 saturated carbocycles. The van der Waals surface area contributed by atoms with Crippen molar-refractivity contribution in [1.82, 2.24) is 0 Å². The Morgan fingerprint density at radius 1 is 0.800 bits per heavy atom. The van der Waals surface area contributed by atoms with Crippen LogP contribution in [0.15, 0.2) is 13.2 Å². The lowest BCUT2D eigenvalue weighted by Crippen LogP contribution is -0.856. The maximum atomic E-state index is 3.00. The Morgan fingerprint density at radius 2 is 1.00 bits per heavy atom. The number of hydrogen-bond donors (Lipinski definition) is 0. The third-order valence-electron chi connectivity index (χ3n) is 0.354. The van der Waals surface area contributed by atoms with Crippen LogP contribution >= 0.6 is 0 Å². The van der Waals surface area contributed by atoms with Crippen LogP contribution in [0.3, 0.4) is 0 Å². The molecule has 30 valence electrons. The molecule has 0 amide bonds. The molecule has 5 heavy (non-hydrogen) atoms. The molecule has 0 aromatic heterocycles. The molecule has 0 aromatic rings. The van der Waals surface area contributed by atoms with Crippen molar-refractivity contribution >= 4 is 0 Å². The van der Waals surface area contributed by atoms with Crippen molar-refractivity contribution in [1.29, 1.82) is 0 Å². The third kappa shape index (κ3) is 20.7. The van der Waals surface area contributed by atoms with E-state index in [1.54, 1.807) is 0 Å². The van der Waals surface area contributed by atoms with Crippen LogP contribution in [-0.4, -0.2) is 0 Å². The zero-order valence-electron chi connectivity index (χ0n) is 3.54. The Kier molecular flexibility index (Phi) is 3.55. The molecular formula is C5H10. The summed E-state index contributed by atoms with van der Waals surface area (Å²) < 4.78 is 0. The van der Waals surface area contributed by atoms with Gasteiger partial charge in [0.2, 0.25) is 0 Å². The van der Waals surface area contributed by atoms with Gasteiger partial charge in [-0.25, -0.2) is 0 Å². The summed E-state index contributed by atoms with van der Waals surface area (Å²) in [6, 6.07) is 0. The van der Waals surface area contributed by atoms with E-state index < -0.39 is 0 Å². The number of rotatable bonds is 0. The predicted molar refractivity (Wildman–Crippen MR) is 25.1 cm³/mol. The quantitative estimate of drug-likeness (QED) is 0.382. The van der Waals surface area contributed by atoms with Crippen LogP contribution in [0.5, 0.6) is 0 Å². The van der Waals surface area contributed by atoms with Crippen molar-refractivity contribution < 1.29 is 0 Å². The van der Waals surface area contributed by atoms with Crippen molar-refractivity contribution in [2.75, 3.05) is 0 Å². The van der Waals surface area contributed by atoms with Gasteiger partial charge in [-0.2, -0.15) is 0 Å². The lowest BCUT2D eigenvalue weighted by atomic mass is 11.0. The molecule has 1 fully saturated rings. The van der Waals surface area contributed by atoms with Gasteiger partial charge in [-0.1, -0.05) is 19.3 Å². The highest BCUT2D eigenvalue weighted by molar-refractivity contribution is 4.50. The molecule has 0 bridgehead atoms. The van der Waals surface area contributed by atoms with Gasteiger partial charge in [0.1, 0.15) is 0 Å². The fourth-order valence-electron chi connectivity index (χ4n) is 0. The van der Waals surface area contributed by atoms with Crippen molar-refractivity contribution in [2.24, 2.45) is 0 Å². The summed E-state index contributed by atoms with van der Waals surface area (Å²) in [6.07, 6.45) is 4.50. The average Bonchev–Trinajstić information content (AvgIpc) is 2.19. The second kappa shape index (κ2) is 3.74. The van der Waals surface area contributed by atoms with E-state index in [0.29, 0.717) is 0 Å². The highest BCUT2D eigenvalue weighted by atomic mass is 14.0. The second-order valence-corrected chi connectivity index (χ2v) is 1.06. The van der Waals surface area contributed by atoms with E-state index in [4.69, 9.17) is 0 Å². The lowest BCUT2D eigenvalue weighted by Gasteiger charge is -1.05. The van der Waals surface area contributed by atoms with Gasteiger partial charge in [-0.15, -0.1) is 13.2 Å². The van der Waals surface area contributed by atoms with Crippen LogP contribution in [0.2, 0.25) is 0 Å². The largest absolute Gasteiger partial charge is 0.106 e. The molecule has 0 radical (unpaired) electrons. The van der Waals surface area contributed by atoms with E-state index in [9.17, 15) is 0 Å². The maximum Gasteiger partial charge on any atom is -0.0533 e. The molecule has 0 unspecified atom stereocenters. The zero-order valence-corrected chi connectivity index (χ0v) is 3.54. The summed E-state index contributed by atoms with van der Waals surface area (Å²) in [5.74, 6) is 0. The van der Waals surface area contributed by atoms with Crippen molar-refractivity contribution in [3.63, 3.8) is 0 Å². The molecule has 0 nitrogen and oxygen atoms in total. The molecule has 0 spiro atoms. The van der Waals surface area contributed by atoms with E-state index >= 15 is 0 Å². The van der Waals surface area contributed by atoms with Crippen LogP contribution in [0, 0.1) is 0 Å². The van der Waals surface area contributed by atoms with Crippen molar-refractivity contribution in [3.05, 3.63) is 13.2 Å². The molecule has 1 aliphatic rings. The van der Waals surface area contributed by atoms with Crippen LogP contribution < -0.4 is 0 Å². The Hall–Kier alpha value is -0.260. The summed E-state index contributed by atoms with van der Waals surface area (Å²) in [7, 11) is 0. The van der Waals surface area contributed by atoms with Crippen molar-refractivity contribution in [2.45, 2.75) is 19.3 Å². The van der Waals surface area contributed by atoms with E-state index in [2.05, 4.69) is 13.2 Å².